The lowest BCUT2D eigenvalue weighted by molar-refractivity contribution is -0.140. The summed E-state index contributed by atoms with van der Waals surface area (Å²) in [5, 5.41) is 30.2. The van der Waals surface area contributed by atoms with Crippen LogP contribution in [-0.2, 0) is 24.0 Å². The van der Waals surface area contributed by atoms with Gasteiger partial charge in [0.2, 0.25) is 11.8 Å². The quantitative estimate of drug-likeness (QED) is 0.116. The van der Waals surface area contributed by atoms with Crippen LogP contribution in [0.15, 0.2) is 4.99 Å². The Kier molecular flexibility index (Phi) is 11.2. The van der Waals surface area contributed by atoms with E-state index in [-0.39, 0.29) is 0 Å². The van der Waals surface area contributed by atoms with Gasteiger partial charge in [0.15, 0.2) is 6.04 Å². The number of carbonyl (C=O) groups excluding carboxylic acids is 5. The van der Waals surface area contributed by atoms with Crippen LogP contribution in [0.4, 0.5) is 4.79 Å². The summed E-state index contributed by atoms with van der Waals surface area (Å²) < 4.78 is 0. The molecule has 0 aliphatic rings. The van der Waals surface area contributed by atoms with Gasteiger partial charge in [0.1, 0.15) is 12.1 Å². The maximum atomic E-state index is 12.2. The molecule has 30 heavy (non-hydrogen) atoms. The minimum Gasteiger partial charge on any atom is -0.480 e. The summed E-state index contributed by atoms with van der Waals surface area (Å²) >= 11 is 0. The standard InChI is InChI=1S/C14H23N7O9/c1-5(10(16)25)9(19-11(26)6(15)3-22)12(27)21-20-8(24)2-17-14(30)18-7(4-23)13(28)29/h2,5-7,9,22-23H,3-4,15H2,1H3,(H2,16,25)(H,18,30)(H,19,26)(H,20,24)(H,21,27)(H,28,29). The van der Waals surface area contributed by atoms with E-state index >= 15 is 0 Å². The van der Waals surface area contributed by atoms with Gasteiger partial charge in [-0.05, 0) is 0 Å². The molecule has 16 heteroatoms. The Bertz CT molecular complexity index is 712. The summed E-state index contributed by atoms with van der Waals surface area (Å²) in [6.45, 7) is -0.436. The predicted octanol–water partition coefficient (Wildman–Crippen LogP) is -5.71. The van der Waals surface area contributed by atoms with E-state index in [0.29, 0.717) is 6.21 Å². The lowest BCUT2D eigenvalue weighted by atomic mass is 10.0. The van der Waals surface area contributed by atoms with Crippen molar-refractivity contribution >= 4 is 41.8 Å². The zero-order chi connectivity index (χ0) is 23.4. The van der Waals surface area contributed by atoms with E-state index in [0.717, 1.165) is 0 Å². The molecule has 0 aromatic rings. The molecule has 0 spiro atoms. The number of aliphatic carboxylic acids is 1. The number of urea groups is 1. The van der Waals surface area contributed by atoms with E-state index in [1.54, 1.807) is 10.7 Å². The maximum absolute atomic E-state index is 12.2. The molecular weight excluding hydrogens is 410 g/mol. The Hall–Kier alpha value is -3.63. The fourth-order valence-corrected chi connectivity index (χ4v) is 1.65. The molecule has 4 unspecified atom stereocenters. The van der Waals surface area contributed by atoms with Crippen molar-refractivity contribution in [3.05, 3.63) is 0 Å². The molecule has 4 atom stereocenters. The molecule has 16 nitrogen and oxygen atoms in total. The highest BCUT2D eigenvalue weighted by atomic mass is 16.4. The van der Waals surface area contributed by atoms with Crippen molar-refractivity contribution < 1.29 is 44.1 Å². The predicted molar refractivity (Wildman–Crippen MR) is 97.2 cm³/mol. The monoisotopic (exact) mass is 433 g/mol. The number of hydrazine groups is 1. The number of amides is 6. The van der Waals surface area contributed by atoms with Crippen molar-refractivity contribution in [1.82, 2.24) is 21.5 Å². The number of carboxylic acid groups (broad SMARTS) is 1. The molecule has 0 aliphatic heterocycles. The van der Waals surface area contributed by atoms with Gasteiger partial charge < -0.3 is 37.4 Å². The highest BCUT2D eigenvalue weighted by Crippen LogP contribution is 2.03. The van der Waals surface area contributed by atoms with Gasteiger partial charge >= 0.3 is 12.0 Å². The molecule has 0 aromatic carbocycles. The van der Waals surface area contributed by atoms with Gasteiger partial charge in [-0.25, -0.2) is 9.59 Å². The molecule has 0 saturated heterocycles. The number of nitrogens with zero attached hydrogens (tertiary/aromatic N) is 1. The number of aliphatic hydroxyl groups is 2. The van der Waals surface area contributed by atoms with E-state index < -0.39 is 72.9 Å². The first kappa shape index (κ1) is 26.4. The Morgan fingerprint density at radius 2 is 1.60 bits per heavy atom. The molecule has 0 fully saturated rings. The Morgan fingerprint density at radius 3 is 2.07 bits per heavy atom. The topological polar surface area (TPSA) is 276 Å². The molecule has 11 N–H and O–H groups in total. The van der Waals surface area contributed by atoms with Crippen LogP contribution in [0.25, 0.3) is 0 Å². The summed E-state index contributed by atoms with van der Waals surface area (Å²) in [4.78, 5) is 71.9. The SMILES string of the molecule is CC(C(N)=O)C(NC(=O)C(N)CO)C(=O)NNC(=O)C=NC(=O)NC(CO)C(=O)O. The van der Waals surface area contributed by atoms with Gasteiger partial charge in [-0.1, -0.05) is 6.92 Å². The maximum Gasteiger partial charge on any atom is 0.341 e. The van der Waals surface area contributed by atoms with Gasteiger partial charge in [-0.2, -0.15) is 4.99 Å². The first-order valence-corrected chi connectivity index (χ1v) is 8.18. The highest BCUT2D eigenvalue weighted by Gasteiger charge is 2.32. The second-order valence-electron chi connectivity index (χ2n) is 5.73. The second kappa shape index (κ2) is 12.8. The Balaban J connectivity index is 4.91. The number of nitrogens with two attached hydrogens (primary N) is 2. The lowest BCUT2D eigenvalue weighted by Gasteiger charge is -2.23. The molecule has 0 aliphatic carbocycles. The largest absolute Gasteiger partial charge is 0.480 e. The average Bonchev–Trinajstić information content (AvgIpc) is 2.70. The van der Waals surface area contributed by atoms with Crippen LogP contribution in [0, 0.1) is 5.92 Å². The van der Waals surface area contributed by atoms with Crippen LogP contribution in [0.3, 0.4) is 0 Å². The number of hydrogen-bond donors (Lipinski definition) is 9. The van der Waals surface area contributed by atoms with Crippen LogP contribution >= 0.6 is 0 Å². The van der Waals surface area contributed by atoms with Gasteiger partial charge in [-0.15, -0.1) is 0 Å². The van der Waals surface area contributed by atoms with E-state index in [1.165, 1.54) is 6.92 Å². The van der Waals surface area contributed by atoms with Crippen LogP contribution in [0.5, 0.6) is 0 Å². The van der Waals surface area contributed by atoms with Crippen LogP contribution < -0.4 is 33.0 Å². The van der Waals surface area contributed by atoms with E-state index in [1.807, 2.05) is 5.43 Å². The number of aliphatic hydroxyl groups excluding tert-OH is 2. The molecule has 0 radical (unpaired) electrons. The summed E-state index contributed by atoms with van der Waals surface area (Å²) in [5.74, 6) is -6.92. The van der Waals surface area contributed by atoms with Gasteiger partial charge in [0.05, 0.1) is 25.3 Å². The second-order valence-corrected chi connectivity index (χ2v) is 5.73. The molecule has 6 amide bonds. The molecule has 0 bridgehead atoms. The number of aliphatic imine (C=N–C) groups is 1. The van der Waals surface area contributed by atoms with Crippen molar-refractivity contribution in [2.75, 3.05) is 13.2 Å². The van der Waals surface area contributed by atoms with Crippen LogP contribution in [-0.4, -0.2) is 88.5 Å². The first-order chi connectivity index (χ1) is 13.9. The molecule has 168 valence electrons. The lowest BCUT2D eigenvalue weighted by Crippen LogP contribution is -2.59. The zero-order valence-corrected chi connectivity index (χ0v) is 15.7. The highest BCUT2D eigenvalue weighted by molar-refractivity contribution is 6.28. The van der Waals surface area contributed by atoms with E-state index in [2.05, 4.69) is 10.3 Å². The average molecular weight is 433 g/mol. The molecular formula is C14H23N7O9. The number of carbonyl (C=O) groups is 6. The molecule has 0 aromatic heterocycles. The van der Waals surface area contributed by atoms with E-state index in [4.69, 9.17) is 26.8 Å². The number of rotatable bonds is 10. The van der Waals surface area contributed by atoms with Crippen molar-refractivity contribution in [1.29, 1.82) is 0 Å². The van der Waals surface area contributed by atoms with Crippen molar-refractivity contribution in [3.8, 4) is 0 Å². The van der Waals surface area contributed by atoms with Gasteiger partial charge in [-0.3, -0.25) is 30.0 Å². The van der Waals surface area contributed by atoms with Crippen molar-refractivity contribution in [2.24, 2.45) is 22.4 Å². The molecule has 0 saturated carbocycles. The minimum absolute atomic E-state index is 0.388. The number of hydrogen-bond acceptors (Lipinski definition) is 9. The number of carboxylic acids is 1. The van der Waals surface area contributed by atoms with Gasteiger partial charge in [0, 0.05) is 0 Å². The number of primary amides is 1. The summed E-state index contributed by atoms with van der Waals surface area (Å²) in [5.41, 5.74) is 14.1. The normalized spacial score (nSPS) is 14.7. The minimum atomic E-state index is -1.64. The van der Waals surface area contributed by atoms with Crippen LogP contribution in [0.2, 0.25) is 0 Å². The summed E-state index contributed by atoms with van der Waals surface area (Å²) in [6, 6.07) is -5.84. The smallest absolute Gasteiger partial charge is 0.341 e. The van der Waals surface area contributed by atoms with Crippen molar-refractivity contribution in [2.45, 2.75) is 25.0 Å². The zero-order valence-electron chi connectivity index (χ0n) is 15.7. The molecule has 0 heterocycles. The fraction of sp³-hybridized carbons (Fsp3) is 0.500. The third-order valence-corrected chi connectivity index (χ3v) is 3.45. The van der Waals surface area contributed by atoms with Crippen LogP contribution in [0.1, 0.15) is 6.92 Å². The first-order valence-electron chi connectivity index (χ1n) is 8.18. The summed E-state index contributed by atoms with van der Waals surface area (Å²) in [7, 11) is 0. The number of nitrogens with one attached hydrogen (secondary N) is 4. The van der Waals surface area contributed by atoms with Gasteiger partial charge in [0.25, 0.3) is 11.8 Å². The molecule has 0 rings (SSSR count). The van der Waals surface area contributed by atoms with Crippen molar-refractivity contribution in [3.63, 3.8) is 0 Å². The summed E-state index contributed by atoms with van der Waals surface area (Å²) in [6.07, 6.45) is 0.388. The van der Waals surface area contributed by atoms with E-state index in [9.17, 15) is 28.8 Å². The Labute approximate surface area is 169 Å². The third kappa shape index (κ3) is 9.04. The fourth-order valence-electron chi connectivity index (χ4n) is 1.65. The Morgan fingerprint density at radius 1 is 1.00 bits per heavy atom. The third-order valence-electron chi connectivity index (χ3n) is 3.45.